The van der Waals surface area contributed by atoms with E-state index in [9.17, 15) is 14.0 Å². The van der Waals surface area contributed by atoms with Crippen molar-refractivity contribution in [1.29, 1.82) is 0 Å². The molecule has 0 atom stereocenters. The molecule has 0 aliphatic carbocycles. The van der Waals surface area contributed by atoms with Crippen molar-refractivity contribution in [2.75, 3.05) is 5.32 Å². The average molecular weight is 286 g/mol. The van der Waals surface area contributed by atoms with Gasteiger partial charge in [0.1, 0.15) is 11.4 Å². The number of carbonyl (C=O) groups is 1. The number of anilines is 1. The lowest BCUT2D eigenvalue weighted by atomic mass is 10.1. The molecule has 106 valence electrons. The van der Waals surface area contributed by atoms with Crippen LogP contribution in [0.2, 0.25) is 0 Å². The fraction of sp³-hybridized carbons (Fsp3) is 0.0714. The number of hydrogen-bond donors (Lipinski definition) is 2. The summed E-state index contributed by atoms with van der Waals surface area (Å²) in [5.74, 6) is -0.794. The Morgan fingerprint density at radius 3 is 2.90 bits per heavy atom. The van der Waals surface area contributed by atoms with E-state index in [1.54, 1.807) is 19.3 Å². The van der Waals surface area contributed by atoms with E-state index in [1.165, 1.54) is 23.0 Å². The number of H-pyrrole nitrogens is 1. The topological polar surface area (TPSA) is 79.8 Å². The highest BCUT2D eigenvalue weighted by atomic mass is 19.1. The van der Waals surface area contributed by atoms with Gasteiger partial charge in [-0.05, 0) is 18.2 Å². The lowest BCUT2D eigenvalue weighted by Gasteiger charge is -2.03. The summed E-state index contributed by atoms with van der Waals surface area (Å²) >= 11 is 0. The molecule has 6 nitrogen and oxygen atoms in total. The van der Waals surface area contributed by atoms with Gasteiger partial charge in [-0.3, -0.25) is 14.3 Å². The second-order valence-corrected chi connectivity index (χ2v) is 4.55. The van der Waals surface area contributed by atoms with Gasteiger partial charge in [0, 0.05) is 36.4 Å². The molecular formula is C14H11FN4O2. The number of pyridine rings is 1. The highest BCUT2D eigenvalue weighted by Crippen LogP contribution is 2.11. The minimum absolute atomic E-state index is 0.0984. The largest absolute Gasteiger partial charge is 0.360 e. The summed E-state index contributed by atoms with van der Waals surface area (Å²) in [7, 11) is 1.71. The van der Waals surface area contributed by atoms with Gasteiger partial charge in [0.15, 0.2) is 5.82 Å². The molecule has 21 heavy (non-hydrogen) atoms. The molecule has 0 unspecified atom stereocenters. The number of aryl methyl sites for hydroxylation is 1. The molecule has 0 saturated heterocycles. The Kier molecular flexibility index (Phi) is 3.02. The van der Waals surface area contributed by atoms with Gasteiger partial charge in [-0.1, -0.05) is 0 Å². The molecular weight excluding hydrogens is 275 g/mol. The van der Waals surface area contributed by atoms with Crippen LogP contribution < -0.4 is 10.7 Å². The third-order valence-corrected chi connectivity index (χ3v) is 3.04. The first kappa shape index (κ1) is 13.0. The van der Waals surface area contributed by atoms with Crippen LogP contribution in [0, 0.1) is 5.82 Å². The smallest absolute Gasteiger partial charge is 0.262 e. The first-order valence-corrected chi connectivity index (χ1v) is 6.16. The van der Waals surface area contributed by atoms with Crippen LogP contribution in [-0.2, 0) is 7.05 Å². The van der Waals surface area contributed by atoms with Gasteiger partial charge in [-0.15, -0.1) is 0 Å². The zero-order valence-electron chi connectivity index (χ0n) is 11.1. The Morgan fingerprint density at radius 2 is 2.19 bits per heavy atom. The van der Waals surface area contributed by atoms with Crippen LogP contribution in [0.25, 0.3) is 10.9 Å². The van der Waals surface area contributed by atoms with E-state index < -0.39 is 17.2 Å². The first-order chi connectivity index (χ1) is 10.0. The maximum Gasteiger partial charge on any atom is 0.262 e. The molecule has 2 aromatic heterocycles. The standard InChI is InChI=1S/C14H11FN4O2/c1-19-5-4-12(18-19)17-14(21)10-7-16-11-3-2-8(15)6-9(11)13(10)20/h2-7H,1H3,(H,16,20)(H,17,18,21). The van der Waals surface area contributed by atoms with Gasteiger partial charge in [0.05, 0.1) is 0 Å². The highest BCUT2D eigenvalue weighted by Gasteiger charge is 2.14. The number of benzene rings is 1. The van der Waals surface area contributed by atoms with E-state index in [1.807, 2.05) is 0 Å². The van der Waals surface area contributed by atoms with Crippen molar-refractivity contribution < 1.29 is 9.18 Å². The third-order valence-electron chi connectivity index (χ3n) is 3.04. The van der Waals surface area contributed by atoms with Crippen molar-refractivity contribution in [1.82, 2.24) is 14.8 Å². The summed E-state index contributed by atoms with van der Waals surface area (Å²) in [6.07, 6.45) is 2.97. The van der Waals surface area contributed by atoms with Crippen LogP contribution >= 0.6 is 0 Å². The molecule has 2 N–H and O–H groups in total. The summed E-state index contributed by atoms with van der Waals surface area (Å²) in [6.45, 7) is 0. The molecule has 0 aliphatic rings. The maximum atomic E-state index is 13.2. The first-order valence-electron chi connectivity index (χ1n) is 6.16. The fourth-order valence-corrected chi connectivity index (χ4v) is 2.02. The molecule has 0 fully saturated rings. The molecule has 0 radical (unpaired) electrons. The predicted molar refractivity (Wildman–Crippen MR) is 75.7 cm³/mol. The Morgan fingerprint density at radius 1 is 1.38 bits per heavy atom. The highest BCUT2D eigenvalue weighted by molar-refractivity contribution is 6.05. The number of halogens is 1. The van der Waals surface area contributed by atoms with Crippen LogP contribution in [0.3, 0.4) is 0 Å². The Balaban J connectivity index is 2.02. The molecule has 7 heteroatoms. The molecule has 0 aliphatic heterocycles. The van der Waals surface area contributed by atoms with E-state index in [0.29, 0.717) is 11.3 Å². The number of fused-ring (bicyclic) bond motifs is 1. The van der Waals surface area contributed by atoms with Crippen molar-refractivity contribution in [3.05, 3.63) is 58.3 Å². The lowest BCUT2D eigenvalue weighted by Crippen LogP contribution is -2.22. The number of aromatic amines is 1. The quantitative estimate of drug-likeness (QED) is 0.751. The molecule has 1 amide bonds. The van der Waals surface area contributed by atoms with E-state index in [2.05, 4.69) is 15.4 Å². The van der Waals surface area contributed by atoms with Crippen LogP contribution in [0.5, 0.6) is 0 Å². The number of nitrogens with one attached hydrogen (secondary N) is 2. The molecule has 2 heterocycles. The van der Waals surface area contributed by atoms with Gasteiger partial charge in [-0.2, -0.15) is 5.10 Å². The molecule has 3 rings (SSSR count). The van der Waals surface area contributed by atoms with Gasteiger partial charge < -0.3 is 10.3 Å². The summed E-state index contributed by atoms with van der Waals surface area (Å²) < 4.78 is 14.8. The molecule has 0 saturated carbocycles. The maximum absolute atomic E-state index is 13.2. The van der Waals surface area contributed by atoms with Crippen molar-refractivity contribution in [3.8, 4) is 0 Å². The van der Waals surface area contributed by atoms with E-state index in [4.69, 9.17) is 0 Å². The number of hydrogen-bond acceptors (Lipinski definition) is 3. The minimum Gasteiger partial charge on any atom is -0.360 e. The van der Waals surface area contributed by atoms with Crippen LogP contribution in [0.4, 0.5) is 10.2 Å². The van der Waals surface area contributed by atoms with E-state index >= 15 is 0 Å². The second-order valence-electron chi connectivity index (χ2n) is 4.55. The third kappa shape index (κ3) is 2.40. The number of rotatable bonds is 2. The normalized spacial score (nSPS) is 10.8. The lowest BCUT2D eigenvalue weighted by molar-refractivity contribution is 0.102. The summed E-state index contributed by atoms with van der Waals surface area (Å²) in [6, 6.07) is 5.40. The van der Waals surface area contributed by atoms with Crippen molar-refractivity contribution in [2.24, 2.45) is 7.05 Å². The number of carbonyl (C=O) groups excluding carboxylic acids is 1. The van der Waals surface area contributed by atoms with Crippen molar-refractivity contribution in [3.63, 3.8) is 0 Å². The summed E-state index contributed by atoms with van der Waals surface area (Å²) in [5.41, 5.74) is -0.161. The summed E-state index contributed by atoms with van der Waals surface area (Å²) in [4.78, 5) is 27.1. The Bertz CT molecular complexity index is 897. The van der Waals surface area contributed by atoms with Crippen molar-refractivity contribution >= 4 is 22.6 Å². The zero-order chi connectivity index (χ0) is 15.0. The number of amides is 1. The average Bonchev–Trinajstić information content (AvgIpc) is 2.85. The summed E-state index contributed by atoms with van der Waals surface area (Å²) in [5, 5.41) is 6.64. The van der Waals surface area contributed by atoms with Gasteiger partial charge in [-0.25, -0.2) is 4.39 Å². The van der Waals surface area contributed by atoms with Crippen LogP contribution in [0.15, 0.2) is 41.5 Å². The Hall–Kier alpha value is -2.96. The minimum atomic E-state index is -0.596. The van der Waals surface area contributed by atoms with Crippen LogP contribution in [0.1, 0.15) is 10.4 Å². The molecule has 3 aromatic rings. The monoisotopic (exact) mass is 286 g/mol. The SMILES string of the molecule is Cn1ccc(NC(=O)c2c[nH]c3ccc(F)cc3c2=O)n1. The fourth-order valence-electron chi connectivity index (χ4n) is 2.02. The second kappa shape index (κ2) is 4.86. The number of nitrogens with zero attached hydrogens (tertiary/aromatic N) is 2. The van der Waals surface area contributed by atoms with E-state index in [0.717, 1.165) is 6.07 Å². The molecule has 0 bridgehead atoms. The van der Waals surface area contributed by atoms with Gasteiger partial charge >= 0.3 is 0 Å². The zero-order valence-corrected chi connectivity index (χ0v) is 11.1. The van der Waals surface area contributed by atoms with Crippen molar-refractivity contribution in [2.45, 2.75) is 0 Å². The van der Waals surface area contributed by atoms with Gasteiger partial charge in [0.2, 0.25) is 5.43 Å². The van der Waals surface area contributed by atoms with E-state index in [-0.39, 0.29) is 10.9 Å². The predicted octanol–water partition coefficient (Wildman–Crippen LogP) is 1.65. The molecule has 1 aromatic carbocycles. The number of aromatic nitrogens is 3. The molecule has 0 spiro atoms. The Labute approximate surface area is 118 Å². The van der Waals surface area contributed by atoms with Crippen LogP contribution in [-0.4, -0.2) is 20.7 Å². The van der Waals surface area contributed by atoms with Gasteiger partial charge in [0.25, 0.3) is 5.91 Å².